The number of nitrogens with one attached hydrogen (secondary N) is 1. The van der Waals surface area contributed by atoms with Gasteiger partial charge in [0.15, 0.2) is 0 Å². The van der Waals surface area contributed by atoms with E-state index in [4.69, 9.17) is 4.74 Å². The molecule has 0 aromatic heterocycles. The molecule has 8 nitrogen and oxygen atoms in total. The van der Waals surface area contributed by atoms with Crippen LogP contribution in [0.5, 0.6) is 5.75 Å². The van der Waals surface area contributed by atoms with Crippen molar-refractivity contribution in [1.29, 1.82) is 0 Å². The molecule has 0 aliphatic carbocycles. The minimum absolute atomic E-state index is 0.224. The summed E-state index contributed by atoms with van der Waals surface area (Å²) in [5, 5.41) is 2.88. The number of hydrogen-bond acceptors (Lipinski definition) is 5. The molecule has 0 saturated carbocycles. The Balaban J connectivity index is 1.43. The van der Waals surface area contributed by atoms with E-state index in [1.165, 1.54) is 0 Å². The molecule has 2 aliphatic rings. The maximum absolute atomic E-state index is 13.4. The first kappa shape index (κ1) is 22.6. The van der Waals surface area contributed by atoms with Crippen LogP contribution in [0.4, 0.5) is 10.5 Å². The van der Waals surface area contributed by atoms with E-state index in [0.29, 0.717) is 39.0 Å². The molecule has 0 unspecified atom stereocenters. The van der Waals surface area contributed by atoms with Gasteiger partial charge in [-0.15, -0.1) is 0 Å². The predicted molar refractivity (Wildman–Crippen MR) is 125 cm³/mol. The zero-order valence-electron chi connectivity index (χ0n) is 19.1. The molecule has 2 fully saturated rings. The van der Waals surface area contributed by atoms with E-state index in [0.717, 1.165) is 21.9 Å². The SMILES string of the molecule is CCC[C@@]1(c2ccccc2)NC(=O)N(CC(=O)N2CCN(c3ccccc3OC)CC2)C1=O. The maximum Gasteiger partial charge on any atom is 0.325 e. The molecule has 1 N–H and O–H groups in total. The van der Waals surface area contributed by atoms with E-state index in [9.17, 15) is 14.4 Å². The van der Waals surface area contributed by atoms with E-state index < -0.39 is 11.6 Å². The van der Waals surface area contributed by atoms with Crippen LogP contribution in [-0.4, -0.2) is 67.5 Å². The van der Waals surface area contributed by atoms with Crippen LogP contribution in [0.25, 0.3) is 0 Å². The highest BCUT2D eigenvalue weighted by atomic mass is 16.5. The molecule has 2 saturated heterocycles. The van der Waals surface area contributed by atoms with Crippen LogP contribution in [0.3, 0.4) is 0 Å². The molecule has 2 aromatic carbocycles. The Morgan fingerprint density at radius 1 is 1.00 bits per heavy atom. The lowest BCUT2D eigenvalue weighted by Gasteiger charge is -2.37. The van der Waals surface area contributed by atoms with Gasteiger partial charge in [0.1, 0.15) is 17.8 Å². The van der Waals surface area contributed by atoms with Crippen molar-refractivity contribution in [2.45, 2.75) is 25.3 Å². The quantitative estimate of drug-likeness (QED) is 0.656. The van der Waals surface area contributed by atoms with Crippen molar-refractivity contribution >= 4 is 23.5 Å². The fourth-order valence-electron chi connectivity index (χ4n) is 4.70. The van der Waals surface area contributed by atoms with Crippen molar-refractivity contribution in [3.8, 4) is 5.75 Å². The summed E-state index contributed by atoms with van der Waals surface area (Å²) in [6, 6.07) is 16.5. The summed E-state index contributed by atoms with van der Waals surface area (Å²) in [5.74, 6) is 0.213. The molecule has 0 radical (unpaired) electrons. The third-order valence-corrected chi connectivity index (χ3v) is 6.42. The minimum Gasteiger partial charge on any atom is -0.495 e. The van der Waals surface area contributed by atoms with Crippen molar-refractivity contribution in [3.63, 3.8) is 0 Å². The van der Waals surface area contributed by atoms with E-state index in [1.54, 1.807) is 12.0 Å². The fraction of sp³-hybridized carbons (Fsp3) is 0.400. The molecule has 0 spiro atoms. The van der Waals surface area contributed by atoms with Gasteiger partial charge in [0.2, 0.25) is 5.91 Å². The average molecular weight is 451 g/mol. The van der Waals surface area contributed by atoms with Crippen molar-refractivity contribution < 1.29 is 19.1 Å². The molecule has 4 rings (SSSR count). The number of amides is 4. The summed E-state index contributed by atoms with van der Waals surface area (Å²) < 4.78 is 5.45. The van der Waals surface area contributed by atoms with Gasteiger partial charge in [-0.3, -0.25) is 14.5 Å². The van der Waals surface area contributed by atoms with Crippen molar-refractivity contribution in [2.75, 3.05) is 44.7 Å². The lowest BCUT2D eigenvalue weighted by molar-refractivity contribution is -0.139. The lowest BCUT2D eigenvalue weighted by atomic mass is 9.85. The summed E-state index contributed by atoms with van der Waals surface area (Å²) in [6.45, 7) is 4.04. The van der Waals surface area contributed by atoms with Gasteiger partial charge in [-0.2, -0.15) is 0 Å². The van der Waals surface area contributed by atoms with Gasteiger partial charge in [-0.1, -0.05) is 55.8 Å². The number of rotatable bonds is 7. The standard InChI is InChI=1S/C25H30N4O4/c1-3-13-25(19-9-5-4-6-10-19)23(31)29(24(32)26-25)18-22(30)28-16-14-27(15-17-28)20-11-7-8-12-21(20)33-2/h4-12H,3,13-18H2,1-2H3,(H,26,32)/t25-/m0/s1. The Bertz CT molecular complexity index is 1020. The summed E-state index contributed by atoms with van der Waals surface area (Å²) in [5.41, 5.74) is 0.620. The van der Waals surface area contributed by atoms with Gasteiger partial charge in [-0.05, 0) is 24.1 Å². The molecular formula is C25H30N4O4. The Morgan fingerprint density at radius 2 is 1.67 bits per heavy atom. The molecule has 0 bridgehead atoms. The predicted octanol–water partition coefficient (Wildman–Crippen LogP) is 2.59. The second-order valence-corrected chi connectivity index (χ2v) is 8.38. The molecule has 4 amide bonds. The van der Waals surface area contributed by atoms with Crippen LogP contribution in [0.1, 0.15) is 25.3 Å². The maximum atomic E-state index is 13.4. The van der Waals surface area contributed by atoms with Crippen LogP contribution in [0.15, 0.2) is 54.6 Å². The number of methoxy groups -OCH3 is 1. The summed E-state index contributed by atoms with van der Waals surface area (Å²) in [4.78, 5) is 44.2. The smallest absolute Gasteiger partial charge is 0.325 e. The Hall–Kier alpha value is -3.55. The van der Waals surface area contributed by atoms with E-state index in [1.807, 2.05) is 61.5 Å². The Kier molecular flexibility index (Phi) is 6.53. The van der Waals surface area contributed by atoms with Crippen molar-refractivity contribution in [3.05, 3.63) is 60.2 Å². The first-order chi connectivity index (χ1) is 16.0. The van der Waals surface area contributed by atoms with E-state index in [-0.39, 0.29) is 18.4 Å². The zero-order valence-corrected chi connectivity index (χ0v) is 19.1. The largest absolute Gasteiger partial charge is 0.495 e. The molecule has 33 heavy (non-hydrogen) atoms. The molecule has 1 atom stereocenters. The molecule has 174 valence electrons. The van der Waals surface area contributed by atoms with Gasteiger partial charge in [0.25, 0.3) is 5.91 Å². The number of nitrogens with zero attached hydrogens (tertiary/aromatic N) is 3. The second kappa shape index (κ2) is 9.52. The number of para-hydroxylation sites is 2. The number of carbonyl (C=O) groups is 3. The van der Waals surface area contributed by atoms with Gasteiger partial charge in [-0.25, -0.2) is 4.79 Å². The highest BCUT2D eigenvalue weighted by molar-refractivity contribution is 6.09. The number of imide groups is 1. The Labute approximate surface area is 194 Å². The Morgan fingerprint density at radius 3 is 2.33 bits per heavy atom. The number of carbonyl (C=O) groups excluding carboxylic acids is 3. The van der Waals surface area contributed by atoms with Crippen LogP contribution in [0, 0.1) is 0 Å². The number of urea groups is 1. The third kappa shape index (κ3) is 4.25. The number of hydrogen-bond donors (Lipinski definition) is 1. The molecule has 2 heterocycles. The van der Waals surface area contributed by atoms with Gasteiger partial charge in [0.05, 0.1) is 12.8 Å². The second-order valence-electron chi connectivity index (χ2n) is 8.38. The fourth-order valence-corrected chi connectivity index (χ4v) is 4.70. The summed E-state index contributed by atoms with van der Waals surface area (Å²) >= 11 is 0. The van der Waals surface area contributed by atoms with Crippen LogP contribution in [0.2, 0.25) is 0 Å². The normalized spacial score (nSPS) is 20.7. The molecule has 8 heteroatoms. The van der Waals surface area contributed by atoms with Crippen LogP contribution in [-0.2, 0) is 15.1 Å². The number of anilines is 1. The van der Waals surface area contributed by atoms with E-state index >= 15 is 0 Å². The summed E-state index contributed by atoms with van der Waals surface area (Å²) in [7, 11) is 1.64. The topological polar surface area (TPSA) is 82.2 Å². The first-order valence-corrected chi connectivity index (χ1v) is 11.4. The van der Waals surface area contributed by atoms with Crippen LogP contribution < -0.4 is 15.0 Å². The highest BCUT2D eigenvalue weighted by Crippen LogP contribution is 2.34. The van der Waals surface area contributed by atoms with Gasteiger partial charge >= 0.3 is 6.03 Å². The highest BCUT2D eigenvalue weighted by Gasteiger charge is 2.52. The third-order valence-electron chi connectivity index (χ3n) is 6.42. The van der Waals surface area contributed by atoms with Crippen molar-refractivity contribution in [1.82, 2.24) is 15.1 Å². The number of ether oxygens (including phenoxy) is 1. The molecule has 2 aromatic rings. The zero-order chi connectivity index (χ0) is 23.4. The van der Waals surface area contributed by atoms with E-state index in [2.05, 4.69) is 10.2 Å². The number of piperazine rings is 1. The number of benzene rings is 2. The molecule has 2 aliphatic heterocycles. The van der Waals surface area contributed by atoms with Crippen molar-refractivity contribution in [2.24, 2.45) is 0 Å². The monoisotopic (exact) mass is 450 g/mol. The molecular weight excluding hydrogens is 420 g/mol. The lowest BCUT2D eigenvalue weighted by Crippen LogP contribution is -2.52. The van der Waals surface area contributed by atoms with Gasteiger partial charge < -0.3 is 19.9 Å². The first-order valence-electron chi connectivity index (χ1n) is 11.4. The average Bonchev–Trinajstić information content (AvgIpc) is 3.09. The van der Waals surface area contributed by atoms with Crippen LogP contribution >= 0.6 is 0 Å². The van der Waals surface area contributed by atoms with Gasteiger partial charge in [0, 0.05) is 26.2 Å². The summed E-state index contributed by atoms with van der Waals surface area (Å²) in [6.07, 6.45) is 1.19. The minimum atomic E-state index is -1.12.